The maximum Gasteiger partial charge on any atom is 0.408 e. The average molecular weight is 442 g/mol. The van der Waals surface area contributed by atoms with Crippen molar-refractivity contribution in [2.45, 2.75) is 32.9 Å². The van der Waals surface area contributed by atoms with E-state index in [0.29, 0.717) is 6.42 Å². The number of amides is 2. The lowest BCUT2D eigenvalue weighted by Crippen LogP contribution is -2.45. The molecule has 0 radical (unpaired) electrons. The Morgan fingerprint density at radius 1 is 0.939 bits per heavy atom. The molecule has 0 fully saturated rings. The van der Waals surface area contributed by atoms with Crippen molar-refractivity contribution in [3.63, 3.8) is 0 Å². The molecule has 0 saturated carbocycles. The van der Waals surface area contributed by atoms with Crippen LogP contribution >= 0.6 is 0 Å². The van der Waals surface area contributed by atoms with E-state index in [-0.39, 0.29) is 12.5 Å². The minimum absolute atomic E-state index is 0.130. The number of rotatable bonds is 7. The Morgan fingerprint density at radius 2 is 1.70 bits per heavy atom. The van der Waals surface area contributed by atoms with Gasteiger partial charge in [-0.05, 0) is 48.2 Å². The summed E-state index contributed by atoms with van der Waals surface area (Å²) in [6.45, 7) is 4.08. The molecule has 0 aliphatic rings. The summed E-state index contributed by atoms with van der Waals surface area (Å²) in [5.74, 6) is -0.300. The van der Waals surface area contributed by atoms with Crippen LogP contribution in [0.15, 0.2) is 79.0 Å². The second-order valence-corrected chi connectivity index (χ2v) is 8.06. The van der Waals surface area contributed by atoms with Gasteiger partial charge in [-0.15, -0.1) is 0 Å². The number of carbonyl (C=O) groups excluding carboxylic acids is 2. The molecule has 1 heterocycles. The number of aryl methyl sites for hydroxylation is 1. The van der Waals surface area contributed by atoms with Crippen molar-refractivity contribution in [2.75, 3.05) is 5.32 Å². The molecule has 4 aromatic rings. The van der Waals surface area contributed by atoms with Gasteiger partial charge < -0.3 is 20.4 Å². The first-order valence-corrected chi connectivity index (χ1v) is 10.9. The number of ether oxygens (including phenoxy) is 1. The largest absolute Gasteiger partial charge is 0.445 e. The molecule has 0 bridgehead atoms. The molecule has 0 spiro atoms. The summed E-state index contributed by atoms with van der Waals surface area (Å²) < 4.78 is 5.37. The Bertz CT molecular complexity index is 1260. The van der Waals surface area contributed by atoms with E-state index < -0.39 is 12.1 Å². The highest BCUT2D eigenvalue weighted by Crippen LogP contribution is 2.21. The van der Waals surface area contributed by atoms with E-state index in [1.165, 1.54) is 0 Å². The third-order valence-corrected chi connectivity index (χ3v) is 5.78. The molecule has 0 aliphatic heterocycles. The van der Waals surface area contributed by atoms with Gasteiger partial charge in [0.25, 0.3) is 0 Å². The summed E-state index contributed by atoms with van der Waals surface area (Å²) in [7, 11) is 0. The molecule has 3 N–H and O–H groups in total. The van der Waals surface area contributed by atoms with Crippen LogP contribution in [0.2, 0.25) is 0 Å². The zero-order chi connectivity index (χ0) is 23.2. The summed E-state index contributed by atoms with van der Waals surface area (Å²) in [4.78, 5) is 29.1. The molecule has 6 nitrogen and oxygen atoms in total. The summed E-state index contributed by atoms with van der Waals surface area (Å²) in [6.07, 6.45) is 1.56. The number of para-hydroxylation sites is 1. The molecule has 1 atom stereocenters. The Morgan fingerprint density at radius 3 is 2.52 bits per heavy atom. The van der Waals surface area contributed by atoms with Crippen LogP contribution in [-0.2, 0) is 22.6 Å². The molecular formula is C27H27N3O3. The fraction of sp³-hybridized carbons (Fsp3) is 0.185. The minimum Gasteiger partial charge on any atom is -0.445 e. The van der Waals surface area contributed by atoms with Crippen molar-refractivity contribution in [3.05, 3.63) is 101 Å². The van der Waals surface area contributed by atoms with E-state index >= 15 is 0 Å². The van der Waals surface area contributed by atoms with Crippen molar-refractivity contribution in [2.24, 2.45) is 0 Å². The molecule has 2 amide bonds. The molecule has 4 rings (SSSR count). The quantitative estimate of drug-likeness (QED) is 0.366. The van der Waals surface area contributed by atoms with Gasteiger partial charge in [-0.25, -0.2) is 4.79 Å². The van der Waals surface area contributed by atoms with E-state index in [2.05, 4.69) is 15.6 Å². The normalized spacial score (nSPS) is 11.7. The van der Waals surface area contributed by atoms with Crippen molar-refractivity contribution in [3.8, 4) is 0 Å². The van der Waals surface area contributed by atoms with Crippen molar-refractivity contribution in [1.82, 2.24) is 10.3 Å². The van der Waals surface area contributed by atoms with Crippen molar-refractivity contribution >= 4 is 28.6 Å². The molecular weight excluding hydrogens is 414 g/mol. The van der Waals surface area contributed by atoms with Gasteiger partial charge in [0.1, 0.15) is 12.6 Å². The lowest BCUT2D eigenvalue weighted by Gasteiger charge is -2.19. The first-order valence-electron chi connectivity index (χ1n) is 10.9. The van der Waals surface area contributed by atoms with Crippen molar-refractivity contribution < 1.29 is 14.3 Å². The highest BCUT2D eigenvalue weighted by Gasteiger charge is 2.24. The second kappa shape index (κ2) is 10.0. The number of carbonyl (C=O) groups is 2. The number of fused-ring (bicyclic) bond motifs is 1. The van der Waals surface area contributed by atoms with E-state index in [0.717, 1.165) is 38.8 Å². The molecule has 6 heteroatoms. The number of hydrogen-bond acceptors (Lipinski definition) is 3. The molecule has 0 saturated heterocycles. The zero-order valence-electron chi connectivity index (χ0n) is 18.7. The summed E-state index contributed by atoms with van der Waals surface area (Å²) >= 11 is 0. The van der Waals surface area contributed by atoms with Crippen molar-refractivity contribution in [1.29, 1.82) is 0 Å². The third kappa shape index (κ3) is 5.41. The van der Waals surface area contributed by atoms with E-state index in [4.69, 9.17) is 4.74 Å². The number of hydrogen-bond donors (Lipinski definition) is 3. The van der Waals surface area contributed by atoms with Gasteiger partial charge in [0.05, 0.1) is 0 Å². The SMILES string of the molecule is Cc1cccc(NC(=O)[C@H](Cc2c[nH]c3ccccc23)NC(=O)OCc2ccccc2)c1C. The van der Waals surface area contributed by atoms with E-state index in [1.807, 2.05) is 92.8 Å². The highest BCUT2D eigenvalue weighted by molar-refractivity contribution is 5.98. The molecule has 168 valence electrons. The topological polar surface area (TPSA) is 83.2 Å². The van der Waals surface area contributed by atoms with Crippen LogP contribution in [0.1, 0.15) is 22.3 Å². The first kappa shape index (κ1) is 22.1. The molecule has 0 aliphatic carbocycles. The minimum atomic E-state index is -0.813. The van der Waals surface area contributed by atoms with Gasteiger partial charge >= 0.3 is 6.09 Å². The highest BCUT2D eigenvalue weighted by atomic mass is 16.5. The smallest absolute Gasteiger partial charge is 0.408 e. The number of H-pyrrole nitrogens is 1. The van der Waals surface area contributed by atoms with Crippen LogP contribution in [0.5, 0.6) is 0 Å². The van der Waals surface area contributed by atoms with Crippen LogP contribution in [0.4, 0.5) is 10.5 Å². The lowest BCUT2D eigenvalue weighted by molar-refractivity contribution is -0.118. The fourth-order valence-electron chi connectivity index (χ4n) is 3.74. The van der Waals surface area contributed by atoms with Gasteiger partial charge in [-0.3, -0.25) is 4.79 Å². The van der Waals surface area contributed by atoms with Crippen LogP contribution < -0.4 is 10.6 Å². The van der Waals surface area contributed by atoms with E-state index in [9.17, 15) is 9.59 Å². The maximum absolute atomic E-state index is 13.3. The summed E-state index contributed by atoms with van der Waals surface area (Å²) in [5.41, 5.74) is 5.59. The molecule has 3 aromatic carbocycles. The number of aromatic amines is 1. The zero-order valence-corrected chi connectivity index (χ0v) is 18.7. The number of alkyl carbamates (subject to hydrolysis) is 1. The summed E-state index contributed by atoms with van der Waals surface area (Å²) in [5, 5.41) is 6.74. The lowest BCUT2D eigenvalue weighted by atomic mass is 10.0. The van der Waals surface area contributed by atoms with Gasteiger partial charge in [0, 0.05) is 29.2 Å². The number of aromatic nitrogens is 1. The standard InChI is InChI=1S/C27H27N3O3/c1-18-9-8-14-23(19(18)2)29-26(31)25(15-21-16-28-24-13-7-6-12-22(21)24)30-27(32)33-17-20-10-4-3-5-11-20/h3-14,16,25,28H,15,17H2,1-2H3,(H,29,31)(H,30,32)/t25-/m0/s1. The molecule has 1 aromatic heterocycles. The first-order chi connectivity index (χ1) is 16.0. The second-order valence-electron chi connectivity index (χ2n) is 8.06. The van der Waals surface area contributed by atoms with E-state index in [1.54, 1.807) is 0 Å². The van der Waals surface area contributed by atoms with Crippen LogP contribution in [-0.4, -0.2) is 23.0 Å². The monoisotopic (exact) mass is 441 g/mol. The Labute approximate surface area is 193 Å². The maximum atomic E-state index is 13.3. The predicted octanol–water partition coefficient (Wildman–Crippen LogP) is 5.26. The average Bonchev–Trinajstić information content (AvgIpc) is 3.24. The number of nitrogens with one attached hydrogen (secondary N) is 3. The van der Waals surface area contributed by atoms with Gasteiger partial charge in [0.15, 0.2) is 0 Å². The third-order valence-electron chi connectivity index (χ3n) is 5.78. The summed E-state index contributed by atoms with van der Waals surface area (Å²) in [6, 6.07) is 22.2. The number of benzene rings is 3. The number of anilines is 1. The van der Waals surface area contributed by atoms with Gasteiger partial charge in [0.2, 0.25) is 5.91 Å². The van der Waals surface area contributed by atoms with Crippen LogP contribution in [0.3, 0.4) is 0 Å². The molecule has 0 unspecified atom stereocenters. The Hall–Kier alpha value is -4.06. The van der Waals surface area contributed by atoms with Gasteiger partial charge in [-0.2, -0.15) is 0 Å². The predicted molar refractivity (Wildman–Crippen MR) is 130 cm³/mol. The Kier molecular flexibility index (Phi) is 6.74. The Balaban J connectivity index is 1.52. The van der Waals surface area contributed by atoms with Crippen LogP contribution in [0.25, 0.3) is 10.9 Å². The molecule has 33 heavy (non-hydrogen) atoms. The van der Waals surface area contributed by atoms with Gasteiger partial charge in [-0.1, -0.05) is 60.7 Å². The fourth-order valence-corrected chi connectivity index (χ4v) is 3.74. The van der Waals surface area contributed by atoms with Crippen LogP contribution in [0, 0.1) is 13.8 Å².